The van der Waals surface area contributed by atoms with Crippen molar-refractivity contribution in [2.24, 2.45) is 17.8 Å². The maximum absolute atomic E-state index is 12.4. The molecule has 4 heteroatoms. The van der Waals surface area contributed by atoms with Crippen LogP contribution < -0.4 is 0 Å². The molecule has 0 aliphatic heterocycles. The SMILES string of the molecule is CCOC(=O)CN(CC)C(=O)C1C2CCCCC21. The first-order chi connectivity index (χ1) is 8.69. The van der Waals surface area contributed by atoms with Crippen LogP contribution in [0.15, 0.2) is 0 Å². The van der Waals surface area contributed by atoms with Crippen LogP contribution in [-0.4, -0.2) is 36.5 Å². The number of likely N-dealkylation sites (N-methyl/N-ethyl adjacent to an activating group) is 1. The minimum Gasteiger partial charge on any atom is -0.465 e. The highest BCUT2D eigenvalue weighted by molar-refractivity contribution is 5.86. The summed E-state index contributed by atoms with van der Waals surface area (Å²) < 4.78 is 4.91. The summed E-state index contributed by atoms with van der Waals surface area (Å²) >= 11 is 0. The van der Waals surface area contributed by atoms with E-state index in [0.29, 0.717) is 25.0 Å². The summed E-state index contributed by atoms with van der Waals surface area (Å²) in [6.45, 7) is 4.78. The van der Waals surface area contributed by atoms with Crippen molar-refractivity contribution in [2.45, 2.75) is 39.5 Å². The number of amides is 1. The first-order valence-electron chi connectivity index (χ1n) is 7.13. The Bertz CT molecular complexity index is 317. The van der Waals surface area contributed by atoms with E-state index in [-0.39, 0.29) is 24.3 Å². The fraction of sp³-hybridized carbons (Fsp3) is 0.857. The van der Waals surface area contributed by atoms with E-state index in [1.807, 2.05) is 6.92 Å². The Kier molecular flexibility index (Phi) is 4.25. The Hall–Kier alpha value is -1.06. The van der Waals surface area contributed by atoms with E-state index in [4.69, 9.17) is 4.74 Å². The third kappa shape index (κ3) is 2.68. The average molecular weight is 253 g/mol. The van der Waals surface area contributed by atoms with Gasteiger partial charge in [-0.05, 0) is 38.5 Å². The van der Waals surface area contributed by atoms with Crippen LogP contribution in [0.2, 0.25) is 0 Å². The Morgan fingerprint density at radius 3 is 2.28 bits per heavy atom. The molecule has 0 aromatic carbocycles. The molecular formula is C14H23NO3. The van der Waals surface area contributed by atoms with E-state index in [1.54, 1.807) is 11.8 Å². The lowest BCUT2D eigenvalue weighted by Gasteiger charge is -2.20. The molecule has 2 rings (SSSR count). The van der Waals surface area contributed by atoms with Crippen molar-refractivity contribution in [3.05, 3.63) is 0 Å². The number of hydrogen-bond donors (Lipinski definition) is 0. The lowest BCUT2D eigenvalue weighted by molar-refractivity contribution is -0.149. The van der Waals surface area contributed by atoms with Gasteiger partial charge in [0.25, 0.3) is 0 Å². The van der Waals surface area contributed by atoms with Crippen LogP contribution in [-0.2, 0) is 14.3 Å². The zero-order chi connectivity index (χ0) is 13.1. The van der Waals surface area contributed by atoms with Gasteiger partial charge >= 0.3 is 5.97 Å². The zero-order valence-electron chi connectivity index (χ0n) is 11.4. The van der Waals surface area contributed by atoms with Crippen LogP contribution in [0.5, 0.6) is 0 Å². The van der Waals surface area contributed by atoms with Crippen molar-refractivity contribution in [3.8, 4) is 0 Å². The molecule has 0 aromatic rings. The second-order valence-corrected chi connectivity index (χ2v) is 5.30. The maximum Gasteiger partial charge on any atom is 0.325 e. The van der Waals surface area contributed by atoms with E-state index in [0.717, 1.165) is 0 Å². The number of fused-ring (bicyclic) bond motifs is 1. The summed E-state index contributed by atoms with van der Waals surface area (Å²) in [6.07, 6.45) is 4.90. The molecule has 4 nitrogen and oxygen atoms in total. The average Bonchev–Trinajstić information content (AvgIpc) is 3.09. The lowest BCUT2D eigenvalue weighted by Crippen LogP contribution is -2.37. The van der Waals surface area contributed by atoms with Crippen molar-refractivity contribution < 1.29 is 14.3 Å². The van der Waals surface area contributed by atoms with E-state index in [2.05, 4.69) is 0 Å². The van der Waals surface area contributed by atoms with Gasteiger partial charge in [-0.3, -0.25) is 9.59 Å². The fourth-order valence-corrected chi connectivity index (χ4v) is 3.28. The normalized spacial score (nSPS) is 29.3. The molecule has 0 N–H and O–H groups in total. The Balaban J connectivity index is 1.88. The minimum atomic E-state index is -0.295. The fourth-order valence-electron chi connectivity index (χ4n) is 3.28. The molecule has 0 aromatic heterocycles. The number of hydrogen-bond acceptors (Lipinski definition) is 3. The number of carbonyl (C=O) groups is 2. The molecule has 0 heterocycles. The molecule has 0 bridgehead atoms. The number of carbonyl (C=O) groups excluding carboxylic acids is 2. The van der Waals surface area contributed by atoms with Gasteiger partial charge in [0, 0.05) is 12.5 Å². The van der Waals surface area contributed by atoms with Gasteiger partial charge in [0.2, 0.25) is 5.91 Å². The van der Waals surface area contributed by atoms with Gasteiger partial charge < -0.3 is 9.64 Å². The van der Waals surface area contributed by atoms with Crippen molar-refractivity contribution in [2.75, 3.05) is 19.7 Å². The lowest BCUT2D eigenvalue weighted by atomic mass is 10.0. The minimum absolute atomic E-state index is 0.110. The van der Waals surface area contributed by atoms with Crippen molar-refractivity contribution >= 4 is 11.9 Å². The highest BCUT2D eigenvalue weighted by Gasteiger charge is 2.55. The van der Waals surface area contributed by atoms with E-state index in [9.17, 15) is 9.59 Å². The van der Waals surface area contributed by atoms with Crippen LogP contribution in [0.4, 0.5) is 0 Å². The maximum atomic E-state index is 12.4. The molecule has 2 aliphatic rings. The molecule has 102 valence electrons. The molecule has 0 spiro atoms. The van der Waals surface area contributed by atoms with Gasteiger partial charge in [-0.2, -0.15) is 0 Å². The number of ether oxygens (including phenoxy) is 1. The second-order valence-electron chi connectivity index (χ2n) is 5.30. The van der Waals surface area contributed by atoms with Gasteiger partial charge in [0.1, 0.15) is 6.54 Å². The van der Waals surface area contributed by atoms with E-state index in [1.165, 1.54) is 25.7 Å². The van der Waals surface area contributed by atoms with Crippen LogP contribution in [0.1, 0.15) is 39.5 Å². The predicted molar refractivity (Wildman–Crippen MR) is 67.8 cm³/mol. The highest BCUT2D eigenvalue weighted by atomic mass is 16.5. The third-order valence-electron chi connectivity index (χ3n) is 4.26. The van der Waals surface area contributed by atoms with Crippen molar-refractivity contribution in [1.82, 2.24) is 4.90 Å². The molecule has 2 saturated carbocycles. The number of nitrogens with zero attached hydrogens (tertiary/aromatic N) is 1. The van der Waals surface area contributed by atoms with E-state index < -0.39 is 0 Å². The highest BCUT2D eigenvalue weighted by Crippen LogP contribution is 2.56. The van der Waals surface area contributed by atoms with Crippen LogP contribution >= 0.6 is 0 Å². The summed E-state index contributed by atoms with van der Waals surface area (Å²) in [4.78, 5) is 25.5. The van der Waals surface area contributed by atoms with E-state index >= 15 is 0 Å². The zero-order valence-corrected chi connectivity index (χ0v) is 11.4. The summed E-state index contributed by atoms with van der Waals surface area (Å²) in [5.74, 6) is 1.27. The topological polar surface area (TPSA) is 46.6 Å². The molecule has 1 amide bonds. The first-order valence-corrected chi connectivity index (χ1v) is 7.13. The number of rotatable bonds is 5. The van der Waals surface area contributed by atoms with Gasteiger partial charge in [-0.15, -0.1) is 0 Å². The Labute approximate surface area is 109 Å². The second kappa shape index (κ2) is 5.72. The van der Waals surface area contributed by atoms with Crippen LogP contribution in [0, 0.1) is 17.8 Å². The largest absolute Gasteiger partial charge is 0.465 e. The molecule has 2 fully saturated rings. The number of esters is 1. The molecule has 2 aliphatic carbocycles. The monoisotopic (exact) mass is 253 g/mol. The Morgan fingerprint density at radius 2 is 1.78 bits per heavy atom. The summed E-state index contributed by atoms with van der Waals surface area (Å²) in [5.41, 5.74) is 0. The smallest absolute Gasteiger partial charge is 0.325 e. The van der Waals surface area contributed by atoms with Crippen LogP contribution in [0.25, 0.3) is 0 Å². The van der Waals surface area contributed by atoms with Gasteiger partial charge in [0.15, 0.2) is 0 Å². The van der Waals surface area contributed by atoms with Crippen molar-refractivity contribution in [3.63, 3.8) is 0 Å². The predicted octanol–water partition coefficient (Wildman–Crippen LogP) is 1.83. The molecule has 0 saturated heterocycles. The van der Waals surface area contributed by atoms with Gasteiger partial charge in [0.05, 0.1) is 6.61 Å². The standard InChI is InChI=1S/C14H23NO3/c1-3-15(9-12(16)18-4-2)14(17)13-10-7-5-6-8-11(10)13/h10-11,13H,3-9H2,1-2H3. The third-order valence-corrected chi connectivity index (χ3v) is 4.26. The van der Waals surface area contributed by atoms with Gasteiger partial charge in [-0.1, -0.05) is 12.8 Å². The Morgan fingerprint density at radius 1 is 1.17 bits per heavy atom. The summed E-state index contributed by atoms with van der Waals surface area (Å²) in [7, 11) is 0. The molecule has 18 heavy (non-hydrogen) atoms. The first kappa shape index (κ1) is 13.4. The van der Waals surface area contributed by atoms with Crippen LogP contribution in [0.3, 0.4) is 0 Å². The summed E-state index contributed by atoms with van der Waals surface area (Å²) in [6, 6.07) is 0. The molecular weight excluding hydrogens is 230 g/mol. The molecule has 2 atom stereocenters. The quantitative estimate of drug-likeness (QED) is 0.702. The van der Waals surface area contributed by atoms with Crippen molar-refractivity contribution in [1.29, 1.82) is 0 Å². The summed E-state index contributed by atoms with van der Waals surface area (Å²) in [5, 5.41) is 0. The molecule has 0 radical (unpaired) electrons. The van der Waals surface area contributed by atoms with Gasteiger partial charge in [-0.25, -0.2) is 0 Å². The molecule has 2 unspecified atom stereocenters.